The smallest absolute Gasteiger partial charge is 0.127 e. The Labute approximate surface area is 92.3 Å². The van der Waals surface area contributed by atoms with Gasteiger partial charge >= 0.3 is 0 Å². The summed E-state index contributed by atoms with van der Waals surface area (Å²) in [6.45, 7) is 0. The van der Waals surface area contributed by atoms with Gasteiger partial charge in [0.15, 0.2) is 0 Å². The molecule has 0 aliphatic heterocycles. The van der Waals surface area contributed by atoms with Gasteiger partial charge in [-0.05, 0) is 11.6 Å². The number of aromatic nitrogens is 2. The van der Waals surface area contributed by atoms with Crippen LogP contribution in [0.3, 0.4) is 0 Å². The molecule has 2 aromatic rings. The molecule has 0 saturated carbocycles. The highest BCUT2D eigenvalue weighted by molar-refractivity contribution is 6.30. The molecule has 15 heavy (non-hydrogen) atoms. The van der Waals surface area contributed by atoms with E-state index in [2.05, 4.69) is 16.3 Å². The van der Waals surface area contributed by atoms with Gasteiger partial charge in [0.1, 0.15) is 5.15 Å². The maximum absolute atomic E-state index is 8.91. The maximum atomic E-state index is 8.91. The van der Waals surface area contributed by atoms with Crippen LogP contribution in [-0.4, -0.2) is 10.2 Å². The lowest BCUT2D eigenvalue weighted by atomic mass is 10.0. The van der Waals surface area contributed by atoms with Crippen molar-refractivity contribution >= 4 is 11.6 Å². The number of benzene rings is 1. The lowest BCUT2D eigenvalue weighted by Gasteiger charge is -2.01. The van der Waals surface area contributed by atoms with E-state index in [1.54, 1.807) is 12.3 Å². The highest BCUT2D eigenvalue weighted by atomic mass is 35.5. The van der Waals surface area contributed by atoms with Crippen LogP contribution in [0.4, 0.5) is 0 Å². The van der Waals surface area contributed by atoms with Crippen molar-refractivity contribution in [1.82, 2.24) is 10.2 Å². The monoisotopic (exact) mass is 217 g/mol. The molecule has 0 fully saturated rings. The molecule has 74 valence electrons. The fraction of sp³-hybridized carbons (Fsp3) is 0.0909. The number of rotatable bonds is 2. The molecule has 0 aliphatic carbocycles. The molecule has 0 aliphatic rings. The highest BCUT2D eigenvalue weighted by Gasteiger charge is 2.06. The van der Waals surface area contributed by atoms with E-state index in [1.807, 2.05) is 18.2 Å². The molecule has 3 nitrogen and oxygen atoms in total. The lowest BCUT2D eigenvalue weighted by Crippen LogP contribution is -1.91. The Morgan fingerprint density at radius 1 is 1.33 bits per heavy atom. The Balaban J connectivity index is 2.33. The van der Waals surface area contributed by atoms with Crippen molar-refractivity contribution in [2.45, 2.75) is 6.42 Å². The van der Waals surface area contributed by atoms with Crippen molar-refractivity contribution in [3.05, 3.63) is 52.3 Å². The Hall–Kier alpha value is -1.79. The van der Waals surface area contributed by atoms with Gasteiger partial charge in [-0.25, -0.2) is 0 Å². The minimum absolute atomic E-state index is 0.530. The predicted octanol–water partition coefficient (Wildman–Crippen LogP) is 2.53. The van der Waals surface area contributed by atoms with Crippen molar-refractivity contribution in [3.8, 4) is 6.07 Å². The minimum Gasteiger partial charge on any atom is -0.267 e. The van der Waals surface area contributed by atoms with E-state index < -0.39 is 0 Å². The lowest BCUT2D eigenvalue weighted by molar-refractivity contribution is 1.09. The van der Waals surface area contributed by atoms with Crippen molar-refractivity contribution in [2.75, 3.05) is 0 Å². The van der Waals surface area contributed by atoms with Crippen molar-refractivity contribution < 1.29 is 0 Å². The third kappa shape index (κ3) is 2.00. The van der Waals surface area contributed by atoms with Gasteiger partial charge in [-0.3, -0.25) is 5.10 Å². The van der Waals surface area contributed by atoms with E-state index >= 15 is 0 Å². The first-order valence-electron chi connectivity index (χ1n) is 4.47. The summed E-state index contributed by atoms with van der Waals surface area (Å²) in [5.41, 5.74) is 2.54. The Kier molecular flexibility index (Phi) is 2.70. The summed E-state index contributed by atoms with van der Waals surface area (Å²) in [5, 5.41) is 15.9. The van der Waals surface area contributed by atoms with Crippen molar-refractivity contribution in [3.63, 3.8) is 0 Å². The van der Waals surface area contributed by atoms with Gasteiger partial charge < -0.3 is 0 Å². The topological polar surface area (TPSA) is 52.5 Å². The SMILES string of the molecule is N#Cc1ccccc1Cc1cn[nH]c1Cl. The van der Waals surface area contributed by atoms with E-state index in [0.717, 1.165) is 11.1 Å². The molecule has 0 unspecified atom stereocenters. The number of H-pyrrole nitrogens is 1. The van der Waals surface area contributed by atoms with Gasteiger partial charge in [0.2, 0.25) is 0 Å². The average Bonchev–Trinajstić information content (AvgIpc) is 2.65. The molecule has 1 aromatic heterocycles. The number of nitrogens with one attached hydrogen (secondary N) is 1. The second-order valence-electron chi connectivity index (χ2n) is 3.15. The number of nitriles is 1. The van der Waals surface area contributed by atoms with Gasteiger partial charge in [-0.1, -0.05) is 29.8 Å². The van der Waals surface area contributed by atoms with Gasteiger partial charge in [0, 0.05) is 12.0 Å². The largest absolute Gasteiger partial charge is 0.267 e. The summed E-state index contributed by atoms with van der Waals surface area (Å²) in [6.07, 6.45) is 2.30. The summed E-state index contributed by atoms with van der Waals surface area (Å²) in [5.74, 6) is 0. The first-order valence-corrected chi connectivity index (χ1v) is 4.85. The zero-order chi connectivity index (χ0) is 10.7. The van der Waals surface area contributed by atoms with Crippen LogP contribution < -0.4 is 0 Å². The summed E-state index contributed by atoms with van der Waals surface area (Å²) < 4.78 is 0. The first-order chi connectivity index (χ1) is 7.31. The van der Waals surface area contributed by atoms with Crippen LogP contribution in [0.1, 0.15) is 16.7 Å². The molecule has 1 N–H and O–H groups in total. The standard InChI is InChI=1S/C11H8ClN3/c12-11-10(7-14-15-11)5-8-3-1-2-4-9(8)6-13/h1-4,7H,5H2,(H,14,15). The molecule has 0 atom stereocenters. The quantitative estimate of drug-likeness (QED) is 0.841. The highest BCUT2D eigenvalue weighted by Crippen LogP contribution is 2.18. The Morgan fingerprint density at radius 3 is 2.80 bits per heavy atom. The van der Waals surface area contributed by atoms with Crippen LogP contribution in [0.25, 0.3) is 0 Å². The molecule has 0 spiro atoms. The number of nitrogens with zero attached hydrogens (tertiary/aromatic N) is 2. The van der Waals surface area contributed by atoms with Crippen LogP contribution in [-0.2, 0) is 6.42 Å². The van der Waals surface area contributed by atoms with Gasteiger partial charge in [0.05, 0.1) is 17.8 Å². The molecule has 0 saturated heterocycles. The van der Waals surface area contributed by atoms with Crippen LogP contribution in [0, 0.1) is 11.3 Å². The fourth-order valence-corrected chi connectivity index (χ4v) is 1.57. The number of aromatic amines is 1. The number of hydrogen-bond acceptors (Lipinski definition) is 2. The average molecular weight is 218 g/mol. The van der Waals surface area contributed by atoms with Gasteiger partial charge in [-0.15, -0.1) is 0 Å². The molecule has 0 bridgehead atoms. The molecular formula is C11H8ClN3. The molecule has 0 amide bonds. The van der Waals surface area contributed by atoms with Gasteiger partial charge in [-0.2, -0.15) is 10.4 Å². The summed E-state index contributed by atoms with van der Waals surface area (Å²) >= 11 is 5.88. The van der Waals surface area contributed by atoms with E-state index in [4.69, 9.17) is 16.9 Å². The van der Waals surface area contributed by atoms with Gasteiger partial charge in [0.25, 0.3) is 0 Å². The number of halogens is 1. The van der Waals surface area contributed by atoms with Crippen LogP contribution in [0.5, 0.6) is 0 Å². The second-order valence-corrected chi connectivity index (χ2v) is 3.53. The summed E-state index contributed by atoms with van der Waals surface area (Å²) in [7, 11) is 0. The zero-order valence-electron chi connectivity index (χ0n) is 7.87. The second kappa shape index (κ2) is 4.16. The summed E-state index contributed by atoms with van der Waals surface area (Å²) in [6, 6.07) is 9.62. The molecular weight excluding hydrogens is 210 g/mol. The van der Waals surface area contributed by atoms with E-state index in [1.165, 1.54) is 0 Å². The first kappa shape index (κ1) is 9.75. The third-order valence-corrected chi connectivity index (χ3v) is 2.51. The normalized spacial score (nSPS) is 9.87. The van der Waals surface area contributed by atoms with E-state index in [-0.39, 0.29) is 0 Å². The third-order valence-electron chi connectivity index (χ3n) is 2.18. The maximum Gasteiger partial charge on any atom is 0.127 e. The van der Waals surface area contributed by atoms with Crippen LogP contribution in [0.15, 0.2) is 30.5 Å². The van der Waals surface area contributed by atoms with Crippen molar-refractivity contribution in [1.29, 1.82) is 5.26 Å². The Bertz CT molecular complexity index is 511. The van der Waals surface area contributed by atoms with Crippen LogP contribution in [0.2, 0.25) is 5.15 Å². The zero-order valence-corrected chi connectivity index (χ0v) is 8.62. The molecule has 4 heteroatoms. The summed E-state index contributed by atoms with van der Waals surface area (Å²) in [4.78, 5) is 0. The minimum atomic E-state index is 0.530. The predicted molar refractivity (Wildman–Crippen MR) is 57.6 cm³/mol. The molecule has 1 aromatic carbocycles. The van der Waals surface area contributed by atoms with Crippen LogP contribution >= 0.6 is 11.6 Å². The Morgan fingerprint density at radius 2 is 2.13 bits per heavy atom. The fourth-order valence-electron chi connectivity index (χ4n) is 1.41. The van der Waals surface area contributed by atoms with Crippen molar-refractivity contribution in [2.24, 2.45) is 0 Å². The number of hydrogen-bond donors (Lipinski definition) is 1. The molecule has 1 heterocycles. The molecule has 2 rings (SSSR count). The van der Waals surface area contributed by atoms with E-state index in [9.17, 15) is 0 Å². The molecule has 0 radical (unpaired) electrons. The van der Waals surface area contributed by atoms with E-state index in [0.29, 0.717) is 17.1 Å².